The smallest absolute Gasteiger partial charge is 0.313 e. The zero-order valence-corrected chi connectivity index (χ0v) is 16.2. The van der Waals surface area contributed by atoms with E-state index in [0.717, 1.165) is 30.0 Å². The number of halogens is 1. The Morgan fingerprint density at radius 3 is 2.81 bits per heavy atom. The molecule has 0 radical (unpaired) electrons. The van der Waals surface area contributed by atoms with Crippen LogP contribution in [0.4, 0.5) is 0 Å². The zero-order chi connectivity index (χ0) is 18.5. The van der Waals surface area contributed by atoms with Crippen molar-refractivity contribution < 1.29 is 14.6 Å². The van der Waals surface area contributed by atoms with E-state index in [0.29, 0.717) is 22.8 Å². The van der Waals surface area contributed by atoms with E-state index in [1.807, 2.05) is 19.1 Å². The minimum absolute atomic E-state index is 0.0258. The molecule has 1 aromatic carbocycles. The molecule has 0 spiro atoms. The Kier molecular flexibility index (Phi) is 6.43. The normalized spacial score (nSPS) is 15.2. The van der Waals surface area contributed by atoms with Gasteiger partial charge in [-0.3, -0.25) is 9.36 Å². The van der Waals surface area contributed by atoms with E-state index < -0.39 is 5.97 Å². The number of carboxylic acid groups (broad SMARTS) is 1. The first-order chi connectivity index (χ1) is 12.5. The SMILES string of the molecule is Cc1cc(Cl)ccc1OCc1nnc(SCC(=O)O)n1C1CCCCC1. The van der Waals surface area contributed by atoms with Crippen molar-refractivity contribution in [1.29, 1.82) is 0 Å². The number of rotatable bonds is 7. The number of benzene rings is 1. The molecule has 1 aromatic heterocycles. The maximum Gasteiger partial charge on any atom is 0.313 e. The number of hydrogen-bond acceptors (Lipinski definition) is 5. The fraction of sp³-hybridized carbons (Fsp3) is 0.500. The lowest BCUT2D eigenvalue weighted by Gasteiger charge is -2.25. The third-order valence-corrected chi connectivity index (χ3v) is 5.66. The molecule has 1 aliphatic carbocycles. The van der Waals surface area contributed by atoms with Crippen LogP contribution in [-0.2, 0) is 11.4 Å². The summed E-state index contributed by atoms with van der Waals surface area (Å²) in [5.74, 6) is 0.608. The van der Waals surface area contributed by atoms with Gasteiger partial charge < -0.3 is 9.84 Å². The van der Waals surface area contributed by atoms with Gasteiger partial charge in [-0.1, -0.05) is 42.6 Å². The fourth-order valence-electron chi connectivity index (χ4n) is 3.25. The topological polar surface area (TPSA) is 77.2 Å². The van der Waals surface area contributed by atoms with E-state index in [2.05, 4.69) is 14.8 Å². The van der Waals surface area contributed by atoms with Crippen LogP contribution in [0.25, 0.3) is 0 Å². The molecule has 1 saturated carbocycles. The summed E-state index contributed by atoms with van der Waals surface area (Å²) in [5, 5.41) is 18.8. The fourth-order valence-corrected chi connectivity index (χ4v) is 4.22. The molecule has 0 saturated heterocycles. The Bertz CT molecular complexity index is 775. The third kappa shape index (κ3) is 4.71. The molecule has 1 heterocycles. The second-order valence-electron chi connectivity index (χ2n) is 6.44. The molecule has 6 nitrogen and oxygen atoms in total. The molecule has 26 heavy (non-hydrogen) atoms. The summed E-state index contributed by atoms with van der Waals surface area (Å²) >= 11 is 7.21. The molecule has 0 amide bonds. The molecule has 3 rings (SSSR count). The largest absolute Gasteiger partial charge is 0.485 e. The monoisotopic (exact) mass is 395 g/mol. The van der Waals surface area contributed by atoms with Crippen LogP contribution in [0.5, 0.6) is 5.75 Å². The lowest BCUT2D eigenvalue weighted by Crippen LogP contribution is -2.18. The van der Waals surface area contributed by atoms with Gasteiger partial charge in [-0.05, 0) is 43.5 Å². The summed E-state index contributed by atoms with van der Waals surface area (Å²) in [6.45, 7) is 2.24. The lowest BCUT2D eigenvalue weighted by atomic mass is 9.95. The lowest BCUT2D eigenvalue weighted by molar-refractivity contribution is -0.133. The van der Waals surface area contributed by atoms with Gasteiger partial charge in [0.1, 0.15) is 12.4 Å². The van der Waals surface area contributed by atoms with E-state index >= 15 is 0 Å². The molecule has 1 fully saturated rings. The number of carbonyl (C=O) groups is 1. The summed E-state index contributed by atoms with van der Waals surface area (Å²) in [6, 6.07) is 5.81. The maximum absolute atomic E-state index is 10.9. The second-order valence-corrected chi connectivity index (χ2v) is 7.82. The van der Waals surface area contributed by atoms with Gasteiger partial charge in [0.2, 0.25) is 0 Å². The number of aliphatic carboxylic acids is 1. The van der Waals surface area contributed by atoms with Crippen molar-refractivity contribution in [2.24, 2.45) is 0 Å². The van der Waals surface area contributed by atoms with Gasteiger partial charge in [0.15, 0.2) is 11.0 Å². The highest BCUT2D eigenvalue weighted by Crippen LogP contribution is 2.33. The average molecular weight is 396 g/mol. The van der Waals surface area contributed by atoms with Crippen molar-refractivity contribution in [1.82, 2.24) is 14.8 Å². The van der Waals surface area contributed by atoms with Gasteiger partial charge in [-0.2, -0.15) is 0 Å². The molecular weight excluding hydrogens is 374 g/mol. The molecule has 0 atom stereocenters. The predicted octanol–water partition coefficient (Wildman–Crippen LogP) is 4.50. The highest BCUT2D eigenvalue weighted by atomic mass is 35.5. The number of aryl methyl sites for hydroxylation is 1. The van der Waals surface area contributed by atoms with E-state index in [1.54, 1.807) is 6.07 Å². The van der Waals surface area contributed by atoms with Gasteiger partial charge >= 0.3 is 5.97 Å². The van der Waals surface area contributed by atoms with Crippen molar-refractivity contribution in [3.8, 4) is 5.75 Å². The second kappa shape index (κ2) is 8.77. The van der Waals surface area contributed by atoms with E-state index in [4.69, 9.17) is 21.4 Å². The van der Waals surface area contributed by atoms with Crippen molar-refractivity contribution in [2.75, 3.05) is 5.75 Å². The van der Waals surface area contributed by atoms with Crippen LogP contribution in [0.1, 0.15) is 49.5 Å². The van der Waals surface area contributed by atoms with Gasteiger partial charge in [-0.15, -0.1) is 10.2 Å². The van der Waals surface area contributed by atoms with Crippen LogP contribution in [0.3, 0.4) is 0 Å². The predicted molar refractivity (Wildman–Crippen MR) is 101 cm³/mol. The summed E-state index contributed by atoms with van der Waals surface area (Å²) in [6.07, 6.45) is 5.70. The van der Waals surface area contributed by atoms with Crippen LogP contribution in [0.2, 0.25) is 5.02 Å². The summed E-state index contributed by atoms with van der Waals surface area (Å²) < 4.78 is 8.02. The average Bonchev–Trinajstić information content (AvgIpc) is 3.03. The van der Waals surface area contributed by atoms with Crippen LogP contribution < -0.4 is 4.74 Å². The first-order valence-corrected chi connectivity index (χ1v) is 10.1. The highest BCUT2D eigenvalue weighted by molar-refractivity contribution is 7.99. The van der Waals surface area contributed by atoms with Crippen molar-refractivity contribution >= 4 is 29.3 Å². The summed E-state index contributed by atoms with van der Waals surface area (Å²) in [7, 11) is 0. The van der Waals surface area contributed by atoms with E-state index in [-0.39, 0.29) is 5.75 Å². The minimum atomic E-state index is -0.859. The zero-order valence-electron chi connectivity index (χ0n) is 14.7. The molecule has 1 aliphatic rings. The van der Waals surface area contributed by atoms with Crippen molar-refractivity contribution in [3.63, 3.8) is 0 Å². The van der Waals surface area contributed by atoms with Gasteiger partial charge in [0, 0.05) is 11.1 Å². The van der Waals surface area contributed by atoms with Crippen LogP contribution >= 0.6 is 23.4 Å². The Hall–Kier alpha value is -1.73. The van der Waals surface area contributed by atoms with E-state index in [9.17, 15) is 4.79 Å². The quantitative estimate of drug-likeness (QED) is 0.695. The van der Waals surface area contributed by atoms with Crippen molar-refractivity contribution in [3.05, 3.63) is 34.6 Å². The Morgan fingerprint density at radius 2 is 2.12 bits per heavy atom. The van der Waals surface area contributed by atoms with Gasteiger partial charge in [0.25, 0.3) is 0 Å². The number of carboxylic acids is 1. The number of nitrogens with zero attached hydrogens (tertiary/aromatic N) is 3. The number of ether oxygens (including phenoxy) is 1. The Balaban J connectivity index is 1.79. The highest BCUT2D eigenvalue weighted by Gasteiger charge is 2.23. The van der Waals surface area contributed by atoms with Crippen LogP contribution in [-0.4, -0.2) is 31.6 Å². The number of aromatic nitrogens is 3. The Morgan fingerprint density at radius 1 is 1.35 bits per heavy atom. The molecule has 140 valence electrons. The summed E-state index contributed by atoms with van der Waals surface area (Å²) in [5.41, 5.74) is 0.960. The van der Waals surface area contributed by atoms with Crippen LogP contribution in [0.15, 0.2) is 23.4 Å². The molecule has 0 unspecified atom stereocenters. The molecule has 8 heteroatoms. The van der Waals surface area contributed by atoms with Gasteiger partial charge in [-0.25, -0.2) is 0 Å². The molecule has 0 bridgehead atoms. The van der Waals surface area contributed by atoms with Crippen molar-refractivity contribution in [2.45, 2.75) is 56.8 Å². The molecular formula is C18H22ClN3O3S. The third-order valence-electron chi connectivity index (χ3n) is 4.49. The number of hydrogen-bond donors (Lipinski definition) is 1. The van der Waals surface area contributed by atoms with E-state index in [1.165, 1.54) is 31.0 Å². The first-order valence-electron chi connectivity index (χ1n) is 8.72. The standard InChI is InChI=1S/C18H22ClN3O3S/c1-12-9-13(19)7-8-15(12)25-10-16-20-21-18(26-11-17(23)24)22(16)14-5-3-2-4-6-14/h7-9,14H,2-6,10-11H2,1H3,(H,23,24). The maximum atomic E-state index is 10.9. The minimum Gasteiger partial charge on any atom is -0.485 e. The molecule has 1 N–H and O–H groups in total. The molecule has 2 aromatic rings. The summed E-state index contributed by atoms with van der Waals surface area (Å²) in [4.78, 5) is 10.9. The Labute approximate surface area is 161 Å². The first kappa shape index (κ1) is 19.0. The number of thioether (sulfide) groups is 1. The van der Waals surface area contributed by atoms with Gasteiger partial charge in [0.05, 0.1) is 5.75 Å². The molecule has 0 aliphatic heterocycles. The van der Waals surface area contributed by atoms with Crippen LogP contribution in [0, 0.1) is 6.92 Å².